The van der Waals surface area contributed by atoms with Crippen molar-refractivity contribution in [3.63, 3.8) is 0 Å². The second-order valence-electron chi connectivity index (χ2n) is 29.1. The van der Waals surface area contributed by atoms with E-state index < -0.39 is 78.0 Å². The number of phenolic OH excluding ortho intramolecular Hbond substituents is 1. The van der Waals surface area contributed by atoms with Crippen molar-refractivity contribution in [3.05, 3.63) is 87.9 Å². The summed E-state index contributed by atoms with van der Waals surface area (Å²) in [6, 6.07) is 8.26. The first-order chi connectivity index (χ1) is 54.1. The first kappa shape index (κ1) is 94.2. The third-order valence-electron chi connectivity index (χ3n) is 19.3. The van der Waals surface area contributed by atoms with Crippen LogP contribution in [-0.4, -0.2) is 225 Å². The van der Waals surface area contributed by atoms with Crippen LogP contribution in [0.2, 0.25) is 0 Å². The Kier molecular flexibility index (Phi) is 42.9. The average Bonchev–Trinajstić information content (AvgIpc) is 1.39. The van der Waals surface area contributed by atoms with Crippen LogP contribution in [0.1, 0.15) is 185 Å². The Bertz CT molecular complexity index is 3510. The number of carbonyl (C=O) groups is 12. The summed E-state index contributed by atoms with van der Waals surface area (Å²) in [5.41, 5.74) is 11.8. The van der Waals surface area contributed by atoms with Crippen molar-refractivity contribution < 1.29 is 91.1 Å². The lowest BCUT2D eigenvalue weighted by atomic mass is 9.92. The van der Waals surface area contributed by atoms with Crippen molar-refractivity contribution in [1.82, 2.24) is 62.4 Å². The van der Waals surface area contributed by atoms with Gasteiger partial charge in [0.05, 0.1) is 45.7 Å². The predicted molar refractivity (Wildman–Crippen MR) is 423 cm³/mol. The van der Waals surface area contributed by atoms with E-state index in [0.717, 1.165) is 42.7 Å². The number of anilines is 1. The number of unbranched alkanes of at least 4 members (excludes halogenated alkanes) is 2. The number of primary amides is 1. The zero-order chi connectivity index (χ0) is 82.8. The number of hydrogen-bond donors (Lipinski definition) is 11. The van der Waals surface area contributed by atoms with E-state index in [4.69, 9.17) is 39.1 Å². The minimum Gasteiger partial charge on any atom is -0.508 e. The molecule has 3 heterocycles. The number of likely N-dealkylation sites (tertiary alicyclic amines) is 1. The molecule has 1 saturated heterocycles. The maximum Gasteiger partial charge on any atom is 0.426 e. The van der Waals surface area contributed by atoms with Gasteiger partial charge in [0.1, 0.15) is 53.9 Å². The number of hydrazine groups is 1. The van der Waals surface area contributed by atoms with E-state index in [1.165, 1.54) is 35.6 Å². The SMILES string of the molecule is CCCO[C@H](C[C@H](C(C)C)N(CCC)C(=O)[C@@H](NC(=O)[C@H]1CCCCN1C)[C@@H](C)CC)c1nc(C(=O)NC(Cc2ccc(O)cc2)C[C@H](C)C(=O)NNC(=O)OCCOCCOCCOCCNC(=O)OCc2ccc(NC(=O)[C@H](CCCNC(N)=O)NC(=O)[C@@H](NC(=O)CCCCCN3C(=O)C=CC3=O)C(C)C)cc2)cs1. The molecule has 34 heteroatoms. The smallest absolute Gasteiger partial charge is 0.426 e. The third kappa shape index (κ3) is 34.5. The molecule has 33 nitrogen and oxygen atoms in total. The Labute approximate surface area is 667 Å². The van der Waals surface area contributed by atoms with Gasteiger partial charge in [0.2, 0.25) is 35.4 Å². The lowest BCUT2D eigenvalue weighted by molar-refractivity contribution is -0.143. The first-order valence-corrected chi connectivity index (χ1v) is 40.4. The van der Waals surface area contributed by atoms with Gasteiger partial charge in [-0.15, -0.1) is 11.3 Å². The number of nitrogens with one attached hydrogen (secondary N) is 9. The number of nitrogens with zero attached hydrogens (tertiary/aromatic N) is 4. The quantitative estimate of drug-likeness (QED) is 0.0161. The molecule has 12 N–H and O–H groups in total. The van der Waals surface area contributed by atoms with Crippen molar-refractivity contribution in [2.75, 3.05) is 97.9 Å². The summed E-state index contributed by atoms with van der Waals surface area (Å²) >= 11 is 1.29. The number of amides is 13. The van der Waals surface area contributed by atoms with Crippen LogP contribution in [0.15, 0.2) is 66.1 Å². The van der Waals surface area contributed by atoms with Gasteiger partial charge in [0.25, 0.3) is 17.7 Å². The van der Waals surface area contributed by atoms with Gasteiger partial charge < -0.3 is 81.4 Å². The van der Waals surface area contributed by atoms with Gasteiger partial charge in [0, 0.05) is 86.8 Å². The third-order valence-corrected chi connectivity index (χ3v) is 20.2. The number of rotatable bonds is 52. The molecule has 0 radical (unpaired) electrons. The minimum absolute atomic E-state index is 0.00732. The summed E-state index contributed by atoms with van der Waals surface area (Å²) in [6.45, 7) is 20.4. The zero-order valence-electron chi connectivity index (χ0n) is 67.3. The van der Waals surface area contributed by atoms with Crippen LogP contribution in [0.25, 0.3) is 0 Å². The van der Waals surface area contributed by atoms with Crippen LogP contribution in [0, 0.1) is 23.7 Å². The number of phenols is 1. The maximum absolute atomic E-state index is 14.9. The predicted octanol–water partition coefficient (Wildman–Crippen LogP) is 6.58. The highest BCUT2D eigenvalue weighted by atomic mass is 32.1. The van der Waals surface area contributed by atoms with Crippen LogP contribution in [0.3, 0.4) is 0 Å². The number of ether oxygens (including phenoxy) is 6. The topological polar surface area (TPSA) is 437 Å². The lowest BCUT2D eigenvalue weighted by Crippen LogP contribution is -2.58. The number of benzene rings is 2. The standard InChI is InChI=1S/C79H122N14O19S/c1-11-35-92(76(103)69(53(8)13-3)88-73(101)62-21-16-18-36-91(62)10)63(51(4)5)48-64(110-38-12-2)75-86-61(50-113-75)72(100)84-58(47-55-25-29-59(94)30-26-55)46-54(9)70(98)89-90-79(106)111-45-44-109-43-42-108-41-40-107-39-34-82-78(105)112-49-56-23-27-57(28-24-56)83-71(99)60(20-19-33-81-77(80)104)85-74(102)68(52(6)7)87-65(95)22-15-14-17-37-93-66(96)31-32-67(93)97/h23-32,50-54,58,60,62-64,68-69,94H,11-22,33-49H2,1-10H3,(H,82,105)(H,83,99)(H,84,100)(H,85,102)(H,87,95)(H,88,101)(H,89,98)(H,90,106)(H3,80,81,104)/t53-,54-,58?,60-,62+,63+,64+,68-,69-/m0/s1. The molecule has 2 aliphatic heterocycles. The average molecular weight is 1600 g/mol. The number of carbonyl (C=O) groups excluding carboxylic acids is 12. The number of imide groups is 1. The van der Waals surface area contributed by atoms with E-state index in [9.17, 15) is 62.6 Å². The molecule has 1 unspecified atom stereocenters. The molecular formula is C79H122N14O19S. The number of likely N-dealkylation sites (N-methyl/N-ethyl adjacent to an activating group) is 1. The highest BCUT2D eigenvalue weighted by molar-refractivity contribution is 7.09. The monoisotopic (exact) mass is 1600 g/mol. The van der Waals surface area contributed by atoms with Crippen molar-refractivity contribution >= 4 is 88.4 Å². The Balaban J connectivity index is 0.970. The summed E-state index contributed by atoms with van der Waals surface area (Å²) in [4.78, 5) is 166. The molecule has 628 valence electrons. The van der Waals surface area contributed by atoms with Crippen LogP contribution in [0.4, 0.5) is 20.1 Å². The van der Waals surface area contributed by atoms with Crippen molar-refractivity contribution in [1.29, 1.82) is 0 Å². The van der Waals surface area contributed by atoms with E-state index in [1.54, 1.807) is 62.5 Å². The molecule has 0 bridgehead atoms. The minimum atomic E-state index is -1.07. The Morgan fingerprint density at radius 3 is 1.98 bits per heavy atom. The van der Waals surface area contributed by atoms with Crippen molar-refractivity contribution in [2.24, 2.45) is 29.4 Å². The molecular weight excluding hydrogens is 1480 g/mol. The van der Waals surface area contributed by atoms with E-state index in [1.807, 2.05) is 39.6 Å². The molecule has 113 heavy (non-hydrogen) atoms. The van der Waals surface area contributed by atoms with E-state index in [0.29, 0.717) is 67.9 Å². The van der Waals surface area contributed by atoms with Crippen LogP contribution < -0.4 is 53.8 Å². The number of piperidine rings is 1. The largest absolute Gasteiger partial charge is 0.508 e. The second-order valence-corrected chi connectivity index (χ2v) is 30.0. The number of alkyl carbamates (subject to hydrolysis) is 1. The molecule has 0 saturated carbocycles. The zero-order valence-corrected chi connectivity index (χ0v) is 68.1. The fourth-order valence-electron chi connectivity index (χ4n) is 12.7. The van der Waals surface area contributed by atoms with E-state index >= 15 is 0 Å². The molecule has 0 spiro atoms. The number of hydrogen-bond acceptors (Lipinski definition) is 22. The van der Waals surface area contributed by atoms with Gasteiger partial charge in [-0.1, -0.05) is 106 Å². The summed E-state index contributed by atoms with van der Waals surface area (Å²) in [5, 5.41) is 31.8. The summed E-state index contributed by atoms with van der Waals surface area (Å²) in [5.74, 6) is -4.70. The molecule has 2 aliphatic rings. The van der Waals surface area contributed by atoms with Crippen LogP contribution in [0.5, 0.6) is 5.75 Å². The summed E-state index contributed by atoms with van der Waals surface area (Å²) < 4.78 is 33.5. The van der Waals surface area contributed by atoms with Crippen molar-refractivity contribution in [3.8, 4) is 5.75 Å². The molecule has 1 fully saturated rings. The molecule has 13 amide bonds. The first-order valence-electron chi connectivity index (χ1n) is 39.5. The fourth-order valence-corrected chi connectivity index (χ4v) is 13.5. The van der Waals surface area contributed by atoms with Crippen LogP contribution in [-0.2, 0) is 79.8 Å². The Morgan fingerprint density at radius 2 is 1.35 bits per heavy atom. The van der Waals surface area contributed by atoms with Crippen molar-refractivity contribution in [2.45, 2.75) is 208 Å². The number of urea groups is 1. The molecule has 0 aliphatic carbocycles. The highest BCUT2D eigenvalue weighted by Gasteiger charge is 2.39. The van der Waals surface area contributed by atoms with Gasteiger partial charge in [-0.2, -0.15) is 0 Å². The molecule has 3 aromatic rings. The molecule has 1 aromatic heterocycles. The Morgan fingerprint density at radius 1 is 0.673 bits per heavy atom. The van der Waals surface area contributed by atoms with Gasteiger partial charge in [0.15, 0.2) is 0 Å². The molecule has 5 rings (SSSR count). The van der Waals surface area contributed by atoms with Gasteiger partial charge in [-0.25, -0.2) is 24.8 Å². The lowest BCUT2D eigenvalue weighted by Gasteiger charge is -2.40. The van der Waals surface area contributed by atoms with Gasteiger partial charge in [-0.05, 0) is 131 Å². The fraction of sp³-hybridized carbons (Fsp3) is 0.633. The summed E-state index contributed by atoms with van der Waals surface area (Å²) in [7, 11) is 1.96. The molecule has 9 atom stereocenters. The molecule has 2 aromatic carbocycles. The normalized spacial score (nSPS) is 15.7. The highest BCUT2D eigenvalue weighted by Crippen LogP contribution is 2.32. The Hall–Kier alpha value is -9.35. The number of thiazole rings is 1. The number of nitrogens with two attached hydrogens (primary N) is 1. The van der Waals surface area contributed by atoms with Gasteiger partial charge >= 0.3 is 18.2 Å². The number of aromatic nitrogens is 1. The number of aromatic hydroxyl groups is 1. The van der Waals surface area contributed by atoms with Gasteiger partial charge in [-0.3, -0.25) is 58.4 Å². The van der Waals surface area contributed by atoms with Crippen LogP contribution >= 0.6 is 11.3 Å². The summed E-state index contributed by atoms with van der Waals surface area (Å²) in [6.07, 6.45) is 7.91. The maximum atomic E-state index is 14.9. The van der Waals surface area contributed by atoms with E-state index in [-0.39, 0.29) is 175 Å². The van der Waals surface area contributed by atoms with E-state index in [2.05, 4.69) is 66.8 Å². The second kappa shape index (κ2) is 51.4.